The van der Waals surface area contributed by atoms with Crippen molar-refractivity contribution in [2.24, 2.45) is 4.99 Å². The van der Waals surface area contributed by atoms with Gasteiger partial charge in [0.15, 0.2) is 5.96 Å². The molecule has 0 radical (unpaired) electrons. The number of hydrogen-bond acceptors (Lipinski definition) is 4. The van der Waals surface area contributed by atoms with E-state index in [0.717, 1.165) is 64.7 Å². The van der Waals surface area contributed by atoms with Crippen LogP contribution >= 0.6 is 0 Å². The van der Waals surface area contributed by atoms with E-state index in [9.17, 15) is 0 Å². The van der Waals surface area contributed by atoms with Gasteiger partial charge in [-0.1, -0.05) is 24.3 Å². The van der Waals surface area contributed by atoms with Gasteiger partial charge in [-0.15, -0.1) is 0 Å². The molecule has 0 spiro atoms. The summed E-state index contributed by atoms with van der Waals surface area (Å²) in [5.41, 5.74) is 2.42. The summed E-state index contributed by atoms with van der Waals surface area (Å²) in [5, 5.41) is 3.44. The zero-order valence-electron chi connectivity index (χ0n) is 17.8. The Kier molecular flexibility index (Phi) is 10.9. The summed E-state index contributed by atoms with van der Waals surface area (Å²) < 4.78 is 16.5. The van der Waals surface area contributed by atoms with Gasteiger partial charge in [-0.3, -0.25) is 0 Å². The highest BCUT2D eigenvalue weighted by atomic mass is 16.5. The number of ether oxygens (including phenoxy) is 3. The molecule has 158 valence electrons. The quantitative estimate of drug-likeness (QED) is 0.357. The molecular weight excluding hydrogens is 354 g/mol. The third-order valence-electron chi connectivity index (χ3n) is 4.83. The largest absolute Gasteiger partial charge is 0.385 e. The Bertz CT molecular complexity index is 555. The summed E-state index contributed by atoms with van der Waals surface area (Å²) in [4.78, 5) is 7.20. The molecule has 1 aromatic rings. The second-order valence-electron chi connectivity index (χ2n) is 7.03. The molecule has 1 fully saturated rings. The Morgan fingerprint density at radius 2 is 1.82 bits per heavy atom. The van der Waals surface area contributed by atoms with Gasteiger partial charge in [-0.05, 0) is 44.2 Å². The molecule has 0 unspecified atom stereocenters. The molecule has 2 rings (SSSR count). The van der Waals surface area contributed by atoms with E-state index in [1.165, 1.54) is 11.1 Å². The van der Waals surface area contributed by atoms with E-state index in [1.54, 1.807) is 7.11 Å². The van der Waals surface area contributed by atoms with Crippen LogP contribution < -0.4 is 5.32 Å². The molecular formula is C22H37N3O3. The van der Waals surface area contributed by atoms with Crippen molar-refractivity contribution in [1.82, 2.24) is 10.2 Å². The predicted octanol–water partition coefficient (Wildman–Crippen LogP) is 3.21. The average molecular weight is 392 g/mol. The smallest absolute Gasteiger partial charge is 0.194 e. The monoisotopic (exact) mass is 391 g/mol. The van der Waals surface area contributed by atoms with E-state index in [4.69, 9.17) is 19.2 Å². The summed E-state index contributed by atoms with van der Waals surface area (Å²) in [6, 6.07) is 8.53. The molecule has 1 heterocycles. The van der Waals surface area contributed by atoms with Crippen LogP contribution in [-0.4, -0.2) is 63.5 Å². The zero-order chi connectivity index (χ0) is 20.0. The van der Waals surface area contributed by atoms with Gasteiger partial charge < -0.3 is 24.4 Å². The van der Waals surface area contributed by atoms with Crippen molar-refractivity contribution in [3.63, 3.8) is 0 Å². The van der Waals surface area contributed by atoms with Crippen LogP contribution in [0.25, 0.3) is 0 Å². The number of aliphatic imine (C=N–C) groups is 1. The Morgan fingerprint density at radius 3 is 2.46 bits per heavy atom. The molecule has 0 bridgehead atoms. The maximum absolute atomic E-state index is 5.96. The molecule has 6 heteroatoms. The summed E-state index contributed by atoms with van der Waals surface area (Å²) >= 11 is 0. The van der Waals surface area contributed by atoms with E-state index in [1.807, 2.05) is 6.92 Å². The fraction of sp³-hybridized carbons (Fsp3) is 0.682. The van der Waals surface area contributed by atoms with Gasteiger partial charge in [0.05, 0.1) is 19.3 Å². The average Bonchev–Trinajstić information content (AvgIpc) is 2.74. The number of nitrogens with one attached hydrogen (secondary N) is 1. The Labute approximate surface area is 170 Å². The lowest BCUT2D eigenvalue weighted by Crippen LogP contribution is -2.47. The van der Waals surface area contributed by atoms with Gasteiger partial charge in [0.2, 0.25) is 0 Å². The van der Waals surface area contributed by atoms with Gasteiger partial charge in [0.1, 0.15) is 0 Å². The first kappa shape index (κ1) is 22.7. The molecule has 0 aromatic heterocycles. The topological polar surface area (TPSA) is 55.3 Å². The first-order valence-corrected chi connectivity index (χ1v) is 10.6. The second-order valence-corrected chi connectivity index (χ2v) is 7.03. The maximum Gasteiger partial charge on any atom is 0.194 e. The minimum atomic E-state index is 0.355. The van der Waals surface area contributed by atoms with Crippen LogP contribution in [0.5, 0.6) is 0 Å². The van der Waals surface area contributed by atoms with E-state index >= 15 is 0 Å². The van der Waals surface area contributed by atoms with Crippen molar-refractivity contribution < 1.29 is 14.2 Å². The molecule has 1 aromatic carbocycles. The van der Waals surface area contributed by atoms with Gasteiger partial charge in [-0.25, -0.2) is 4.99 Å². The number of hydrogen-bond donors (Lipinski definition) is 1. The lowest BCUT2D eigenvalue weighted by Gasteiger charge is -2.34. The number of piperidine rings is 1. The van der Waals surface area contributed by atoms with E-state index in [0.29, 0.717) is 19.3 Å². The Hall–Kier alpha value is -1.63. The summed E-state index contributed by atoms with van der Waals surface area (Å²) in [7, 11) is 1.73. The molecule has 6 nitrogen and oxygen atoms in total. The van der Waals surface area contributed by atoms with Crippen LogP contribution in [-0.2, 0) is 27.4 Å². The van der Waals surface area contributed by atoms with Crippen molar-refractivity contribution in [2.75, 3.05) is 46.6 Å². The van der Waals surface area contributed by atoms with Crippen molar-refractivity contribution in [1.29, 1.82) is 0 Å². The molecule has 0 amide bonds. The number of rotatable bonds is 11. The van der Waals surface area contributed by atoms with Crippen LogP contribution in [0.3, 0.4) is 0 Å². The van der Waals surface area contributed by atoms with Crippen molar-refractivity contribution in [3.05, 3.63) is 35.4 Å². The Morgan fingerprint density at radius 1 is 1.11 bits per heavy atom. The maximum atomic E-state index is 5.96. The van der Waals surface area contributed by atoms with Crippen molar-refractivity contribution in [3.8, 4) is 0 Å². The van der Waals surface area contributed by atoms with Gasteiger partial charge in [0.25, 0.3) is 0 Å². The van der Waals surface area contributed by atoms with Gasteiger partial charge >= 0.3 is 0 Å². The number of nitrogens with zero attached hydrogens (tertiary/aromatic N) is 2. The van der Waals surface area contributed by atoms with E-state index < -0.39 is 0 Å². The SMILES string of the molecule is CCNC(=NCc1ccc(COCC)cc1)N1CCC(OCCCOC)CC1. The first-order chi connectivity index (χ1) is 13.8. The van der Waals surface area contributed by atoms with Crippen LogP contribution in [0.1, 0.15) is 44.2 Å². The van der Waals surface area contributed by atoms with E-state index in [2.05, 4.69) is 41.4 Å². The van der Waals surface area contributed by atoms with Crippen LogP contribution in [0.4, 0.5) is 0 Å². The minimum absolute atomic E-state index is 0.355. The molecule has 1 N–H and O–H groups in total. The van der Waals surface area contributed by atoms with E-state index in [-0.39, 0.29) is 0 Å². The fourth-order valence-corrected chi connectivity index (χ4v) is 3.24. The number of guanidine groups is 1. The molecule has 28 heavy (non-hydrogen) atoms. The third kappa shape index (κ3) is 8.17. The predicted molar refractivity (Wildman–Crippen MR) is 114 cm³/mol. The molecule has 1 aliphatic heterocycles. The molecule has 0 saturated carbocycles. The molecule has 1 aliphatic rings. The third-order valence-corrected chi connectivity index (χ3v) is 4.83. The van der Waals surface area contributed by atoms with Gasteiger partial charge in [0, 0.05) is 46.6 Å². The number of methoxy groups -OCH3 is 1. The van der Waals surface area contributed by atoms with Crippen LogP contribution in [0.15, 0.2) is 29.3 Å². The second kappa shape index (κ2) is 13.5. The summed E-state index contributed by atoms with van der Waals surface area (Å²) in [6.07, 6.45) is 3.41. The standard InChI is InChI=1S/C22H37N3O3/c1-4-23-22(24-17-19-7-9-20(10-8-19)18-27-5-2)25-13-11-21(12-14-25)28-16-6-15-26-3/h7-10,21H,4-6,11-18H2,1-3H3,(H,23,24). The highest BCUT2D eigenvalue weighted by Crippen LogP contribution is 2.15. The first-order valence-electron chi connectivity index (χ1n) is 10.6. The zero-order valence-corrected chi connectivity index (χ0v) is 17.8. The van der Waals surface area contributed by atoms with Crippen molar-refractivity contribution >= 4 is 5.96 Å². The molecule has 0 atom stereocenters. The lowest BCUT2D eigenvalue weighted by atomic mass is 10.1. The van der Waals surface area contributed by atoms with Crippen molar-refractivity contribution in [2.45, 2.75) is 52.4 Å². The number of benzene rings is 1. The van der Waals surface area contributed by atoms with Gasteiger partial charge in [-0.2, -0.15) is 0 Å². The van der Waals surface area contributed by atoms with Crippen LogP contribution in [0.2, 0.25) is 0 Å². The summed E-state index contributed by atoms with van der Waals surface area (Å²) in [6.45, 7) is 10.6. The van der Waals surface area contributed by atoms with Crippen LogP contribution in [0, 0.1) is 0 Å². The molecule has 1 saturated heterocycles. The minimum Gasteiger partial charge on any atom is -0.385 e. The molecule has 0 aliphatic carbocycles. The highest BCUT2D eigenvalue weighted by Gasteiger charge is 2.21. The Balaban J connectivity index is 1.82. The lowest BCUT2D eigenvalue weighted by molar-refractivity contribution is 0.00990. The summed E-state index contributed by atoms with van der Waals surface area (Å²) in [5.74, 6) is 0.999. The highest BCUT2D eigenvalue weighted by molar-refractivity contribution is 5.80. The number of likely N-dealkylation sites (tertiary alicyclic amines) is 1. The fourth-order valence-electron chi connectivity index (χ4n) is 3.24. The normalized spacial score (nSPS) is 15.8.